The average Bonchev–Trinajstić information content (AvgIpc) is 0. The molecule has 0 fully saturated rings. The summed E-state index contributed by atoms with van der Waals surface area (Å²) in [4.78, 5) is 0. The first kappa shape index (κ1) is 309. The molecular formula is C4H13Ru. The predicted molar refractivity (Wildman–Crippen MR) is 26.0 cm³/mol. The molecule has 1 radical (unpaired) electrons. The van der Waals surface area contributed by atoms with Crippen LogP contribution in [-0.2, 0) is 19.5 Å². The molecule has 0 aromatic rings. The third-order valence-corrected chi connectivity index (χ3v) is 0. The Bertz CT molecular complexity index is 3.61. The second kappa shape index (κ2) is 156. The fourth-order valence-electron chi connectivity index (χ4n) is 0. The van der Waals surface area contributed by atoms with E-state index in [4.69, 9.17) is 0 Å². The van der Waals surface area contributed by atoms with Crippen molar-refractivity contribution >= 4 is 0 Å². The Morgan fingerprint density at radius 2 is 0.600 bits per heavy atom. The second-order valence-electron chi connectivity index (χ2n) is 0. The van der Waals surface area contributed by atoms with E-state index in [9.17, 15) is 0 Å². The molecule has 0 bridgehead atoms. The summed E-state index contributed by atoms with van der Waals surface area (Å²) in [6, 6.07) is 0. The Morgan fingerprint density at radius 1 is 0.600 bits per heavy atom. The maximum atomic E-state index is 0. The van der Waals surface area contributed by atoms with E-state index < -0.39 is 0 Å². The van der Waals surface area contributed by atoms with Crippen molar-refractivity contribution in [2.45, 2.75) is 7.43 Å². The number of hydrogen-bond donors (Lipinski definition) is 0. The molecule has 0 spiro atoms. The fraction of sp³-hybridized carbons (Fsp3) is 0.250. The molecule has 0 nitrogen and oxygen atoms in total. The number of rotatable bonds is 0. The van der Waals surface area contributed by atoms with E-state index in [1.165, 1.54) is 0 Å². The summed E-state index contributed by atoms with van der Waals surface area (Å²) in [6.45, 7) is 0. The van der Waals surface area contributed by atoms with Gasteiger partial charge in [-0.25, -0.2) is 0 Å². The Balaban J connectivity index is 0. The molecule has 37 valence electrons. The smallest absolute Gasteiger partial charge is 0.358 e. The average molecular weight is 162 g/mol. The van der Waals surface area contributed by atoms with Crippen molar-refractivity contribution in [3.8, 4) is 0 Å². The van der Waals surface area contributed by atoms with Crippen LogP contribution in [0.15, 0.2) is 0 Å². The number of hydrogen-bond acceptors (Lipinski definition) is 0. The summed E-state index contributed by atoms with van der Waals surface area (Å²) in [5, 5.41) is 0. The van der Waals surface area contributed by atoms with Gasteiger partial charge in [0.2, 0.25) is 0 Å². The van der Waals surface area contributed by atoms with E-state index in [2.05, 4.69) is 0 Å². The van der Waals surface area contributed by atoms with Crippen molar-refractivity contribution < 1.29 is 19.5 Å². The second-order valence-corrected chi connectivity index (χ2v) is 0. The van der Waals surface area contributed by atoms with E-state index in [1.54, 1.807) is 0 Å². The Morgan fingerprint density at radius 3 is 0.600 bits per heavy atom. The van der Waals surface area contributed by atoms with Crippen molar-refractivity contribution in [1.29, 1.82) is 0 Å². The largest absolute Gasteiger partial charge is 3.00 e. The minimum absolute atomic E-state index is 0. The van der Waals surface area contributed by atoms with E-state index in [-0.39, 0.29) is 49.2 Å². The van der Waals surface area contributed by atoms with Gasteiger partial charge in [0, 0.05) is 0 Å². The summed E-state index contributed by atoms with van der Waals surface area (Å²) < 4.78 is 0. The molecule has 0 saturated heterocycles. The van der Waals surface area contributed by atoms with Crippen LogP contribution < -0.4 is 0 Å². The normalized spacial score (nSPS) is 0. The molecule has 0 heterocycles. The van der Waals surface area contributed by atoms with Gasteiger partial charge in [-0.2, -0.15) is 0 Å². The van der Waals surface area contributed by atoms with Crippen LogP contribution >= 0.6 is 0 Å². The van der Waals surface area contributed by atoms with Crippen molar-refractivity contribution in [3.63, 3.8) is 0 Å². The van der Waals surface area contributed by atoms with Crippen LogP contribution in [0.2, 0.25) is 0 Å². The van der Waals surface area contributed by atoms with Gasteiger partial charge in [0.05, 0.1) is 0 Å². The van der Waals surface area contributed by atoms with Gasteiger partial charge in [-0.3, -0.25) is 0 Å². The molecule has 0 atom stereocenters. The van der Waals surface area contributed by atoms with Gasteiger partial charge in [-0.1, -0.05) is 7.43 Å². The summed E-state index contributed by atoms with van der Waals surface area (Å²) in [7, 11) is 0. The van der Waals surface area contributed by atoms with Crippen molar-refractivity contribution in [2.24, 2.45) is 0 Å². The van der Waals surface area contributed by atoms with Crippen LogP contribution in [0.25, 0.3) is 0 Å². The molecule has 0 aliphatic rings. The van der Waals surface area contributed by atoms with Crippen LogP contribution in [0, 0.1) is 22.3 Å². The third kappa shape index (κ3) is 81.9. The molecule has 0 aliphatic carbocycles. The van der Waals surface area contributed by atoms with E-state index in [1.807, 2.05) is 0 Å². The molecule has 0 saturated carbocycles. The predicted octanol–water partition coefficient (Wildman–Crippen LogP) is 1.98. The molecule has 5 heavy (non-hydrogen) atoms. The van der Waals surface area contributed by atoms with Gasteiger partial charge >= 0.3 is 19.5 Å². The summed E-state index contributed by atoms with van der Waals surface area (Å²) in [6.07, 6.45) is 0. The van der Waals surface area contributed by atoms with E-state index in [0.717, 1.165) is 0 Å². The monoisotopic (exact) mass is 163 g/mol. The van der Waals surface area contributed by atoms with Gasteiger partial charge in [0.1, 0.15) is 0 Å². The molecule has 0 aliphatic heterocycles. The molecule has 0 amide bonds. The van der Waals surface area contributed by atoms with Crippen molar-refractivity contribution in [2.75, 3.05) is 0 Å². The third-order valence-electron chi connectivity index (χ3n) is 0. The summed E-state index contributed by atoms with van der Waals surface area (Å²) >= 11 is 0. The Labute approximate surface area is 49.7 Å². The van der Waals surface area contributed by atoms with Gasteiger partial charge in [0.25, 0.3) is 0 Å². The zero-order valence-electron chi connectivity index (χ0n) is 3.35. The van der Waals surface area contributed by atoms with Crippen LogP contribution in [0.1, 0.15) is 7.43 Å². The molecule has 0 N–H and O–H groups in total. The summed E-state index contributed by atoms with van der Waals surface area (Å²) in [5.41, 5.74) is 0. The quantitative estimate of drug-likeness (QED) is 0.377. The zero-order chi connectivity index (χ0) is 0. The first-order chi connectivity index (χ1) is 0. The van der Waals surface area contributed by atoms with Gasteiger partial charge in [-0.15, -0.1) is 0 Å². The van der Waals surface area contributed by atoms with E-state index in [0.29, 0.717) is 0 Å². The van der Waals surface area contributed by atoms with Gasteiger partial charge in [0.15, 0.2) is 0 Å². The van der Waals surface area contributed by atoms with Gasteiger partial charge in [-0.05, 0) is 0 Å². The van der Waals surface area contributed by atoms with Crippen LogP contribution in [-0.4, -0.2) is 0 Å². The topological polar surface area (TPSA) is 0 Å². The van der Waals surface area contributed by atoms with E-state index >= 15 is 0 Å². The minimum Gasteiger partial charge on any atom is -0.358 e. The zero-order valence-corrected chi connectivity index (χ0v) is 5.09. The van der Waals surface area contributed by atoms with Crippen LogP contribution in [0.3, 0.4) is 0 Å². The molecule has 0 unspecified atom stereocenters. The van der Waals surface area contributed by atoms with Gasteiger partial charge < -0.3 is 22.3 Å². The standard InChI is InChI=1S/CH4.3CH3.Ru/h1H4;3*1H3;/q;3*-1;+3. The summed E-state index contributed by atoms with van der Waals surface area (Å²) in [5.74, 6) is 0. The molecular weight excluding hydrogens is 149 g/mol. The van der Waals surface area contributed by atoms with Crippen molar-refractivity contribution in [3.05, 3.63) is 22.3 Å². The molecule has 0 rings (SSSR count). The molecule has 0 aromatic carbocycles. The Kier molecular flexibility index (Phi) is 9660. The maximum absolute atomic E-state index is 0. The Hall–Kier alpha value is 0.623. The fourth-order valence-corrected chi connectivity index (χ4v) is 0. The van der Waals surface area contributed by atoms with Crippen LogP contribution in [0.5, 0.6) is 0 Å². The van der Waals surface area contributed by atoms with Crippen LogP contribution in [0.4, 0.5) is 0 Å². The first-order valence-corrected chi connectivity index (χ1v) is 0. The first-order valence-electron chi connectivity index (χ1n) is 0. The van der Waals surface area contributed by atoms with Crippen molar-refractivity contribution in [1.82, 2.24) is 0 Å². The SMILES string of the molecule is C.[CH3-].[CH3-].[CH3-].[Ru+3]. The molecule has 1 heteroatoms. The maximum Gasteiger partial charge on any atom is 3.00 e. The minimum atomic E-state index is 0. The molecule has 0 aromatic heterocycles.